The number of nitrogens with zero attached hydrogens (tertiary/aromatic N) is 2. The van der Waals surface area contributed by atoms with Crippen LogP contribution in [0.3, 0.4) is 0 Å². The van der Waals surface area contributed by atoms with E-state index in [1.807, 2.05) is 13.8 Å². The maximum absolute atomic E-state index is 14.9. The summed E-state index contributed by atoms with van der Waals surface area (Å²) in [6.45, 7) is 5.78. The first kappa shape index (κ1) is 23.0. The van der Waals surface area contributed by atoms with Crippen LogP contribution in [-0.2, 0) is 16.1 Å². The fraction of sp³-hybridized carbons (Fsp3) is 0.609. The monoisotopic (exact) mass is 433 g/mol. The molecule has 1 heterocycles. The quantitative estimate of drug-likeness (QED) is 0.637. The van der Waals surface area contributed by atoms with E-state index in [1.54, 1.807) is 13.0 Å². The molecule has 0 aliphatic heterocycles. The largest absolute Gasteiger partial charge is 0.466 e. The number of anilines is 1. The topological polar surface area (TPSA) is 82.3 Å². The van der Waals surface area contributed by atoms with Gasteiger partial charge >= 0.3 is 11.7 Å². The number of rotatable bonds is 8. The van der Waals surface area contributed by atoms with Gasteiger partial charge in [0.2, 0.25) is 0 Å². The SMILES string of the molecule is CCOC(=O)CCCn1c(=O)c2cc(F)c(NC3CCCCC3)cc2n(C(C)C)c1=O. The third-order valence-corrected chi connectivity index (χ3v) is 5.81. The van der Waals surface area contributed by atoms with E-state index in [2.05, 4.69) is 5.32 Å². The van der Waals surface area contributed by atoms with E-state index in [0.29, 0.717) is 17.6 Å². The maximum Gasteiger partial charge on any atom is 0.331 e. The Morgan fingerprint density at radius 1 is 1.23 bits per heavy atom. The summed E-state index contributed by atoms with van der Waals surface area (Å²) >= 11 is 0. The molecule has 170 valence electrons. The molecule has 3 rings (SSSR count). The van der Waals surface area contributed by atoms with Gasteiger partial charge in [-0.05, 0) is 52.2 Å². The van der Waals surface area contributed by atoms with Crippen molar-refractivity contribution in [1.82, 2.24) is 9.13 Å². The minimum atomic E-state index is -0.538. The number of ether oxygens (including phenoxy) is 1. The molecule has 0 radical (unpaired) electrons. The van der Waals surface area contributed by atoms with Gasteiger partial charge in [-0.25, -0.2) is 9.18 Å². The van der Waals surface area contributed by atoms with Crippen molar-refractivity contribution in [2.45, 2.75) is 84.3 Å². The highest BCUT2D eigenvalue weighted by atomic mass is 19.1. The number of esters is 1. The first-order valence-corrected chi connectivity index (χ1v) is 11.2. The molecule has 1 N–H and O–H groups in total. The van der Waals surface area contributed by atoms with Crippen LogP contribution in [0.4, 0.5) is 10.1 Å². The molecule has 0 amide bonds. The maximum atomic E-state index is 14.9. The number of hydrogen-bond donors (Lipinski definition) is 1. The molecular weight excluding hydrogens is 401 g/mol. The molecule has 1 aliphatic carbocycles. The van der Waals surface area contributed by atoms with Gasteiger partial charge in [-0.3, -0.25) is 18.7 Å². The predicted octanol–water partition coefficient (Wildman–Crippen LogP) is 3.97. The summed E-state index contributed by atoms with van der Waals surface area (Å²) in [5.41, 5.74) is -0.241. The molecule has 7 nitrogen and oxygen atoms in total. The number of fused-ring (bicyclic) bond motifs is 1. The molecule has 1 saturated carbocycles. The van der Waals surface area contributed by atoms with Crippen molar-refractivity contribution in [1.29, 1.82) is 0 Å². The molecule has 0 unspecified atom stereocenters. The van der Waals surface area contributed by atoms with Crippen molar-refractivity contribution in [3.05, 3.63) is 38.8 Å². The highest BCUT2D eigenvalue weighted by Gasteiger charge is 2.20. The zero-order valence-corrected chi connectivity index (χ0v) is 18.6. The van der Waals surface area contributed by atoms with E-state index >= 15 is 0 Å². The van der Waals surface area contributed by atoms with Crippen LogP contribution in [0.15, 0.2) is 21.7 Å². The zero-order valence-electron chi connectivity index (χ0n) is 18.6. The average molecular weight is 434 g/mol. The van der Waals surface area contributed by atoms with Crippen LogP contribution in [0.25, 0.3) is 10.9 Å². The van der Waals surface area contributed by atoms with Crippen molar-refractivity contribution in [2.24, 2.45) is 0 Å². The first-order chi connectivity index (χ1) is 14.8. The molecule has 0 spiro atoms. The van der Waals surface area contributed by atoms with E-state index in [1.165, 1.54) is 17.1 Å². The Morgan fingerprint density at radius 2 is 1.94 bits per heavy atom. The van der Waals surface area contributed by atoms with Crippen molar-refractivity contribution in [3.63, 3.8) is 0 Å². The van der Waals surface area contributed by atoms with Gasteiger partial charge < -0.3 is 10.1 Å². The standard InChI is InChI=1S/C23H32FN3O4/c1-4-31-21(28)11-8-12-26-22(29)17-13-18(24)19(25-16-9-6-5-7-10-16)14-20(17)27(15(2)3)23(26)30/h13-16,25H,4-12H2,1-3H3. The van der Waals surface area contributed by atoms with Crippen LogP contribution in [-0.4, -0.2) is 27.8 Å². The minimum absolute atomic E-state index is 0.0723. The molecule has 1 aromatic carbocycles. The summed E-state index contributed by atoms with van der Waals surface area (Å²) in [5, 5.41) is 3.43. The smallest absolute Gasteiger partial charge is 0.331 e. The second-order valence-corrected chi connectivity index (χ2v) is 8.44. The number of hydrogen-bond acceptors (Lipinski definition) is 5. The van der Waals surface area contributed by atoms with E-state index in [4.69, 9.17) is 4.74 Å². The number of nitrogens with one attached hydrogen (secondary N) is 1. The van der Waals surface area contributed by atoms with Gasteiger partial charge in [0, 0.05) is 25.0 Å². The Bertz CT molecular complexity index is 1050. The van der Waals surface area contributed by atoms with Crippen molar-refractivity contribution >= 4 is 22.6 Å². The summed E-state index contributed by atoms with van der Waals surface area (Å²) in [5.74, 6) is -0.868. The van der Waals surface area contributed by atoms with E-state index < -0.39 is 17.1 Å². The molecular formula is C23H32FN3O4. The second kappa shape index (κ2) is 10.1. The normalized spacial score (nSPS) is 14.9. The van der Waals surface area contributed by atoms with Crippen LogP contribution < -0.4 is 16.6 Å². The highest BCUT2D eigenvalue weighted by Crippen LogP contribution is 2.26. The summed E-state index contributed by atoms with van der Waals surface area (Å²) < 4.78 is 22.4. The summed E-state index contributed by atoms with van der Waals surface area (Å²) in [6.07, 6.45) is 5.79. The van der Waals surface area contributed by atoms with Gasteiger partial charge in [0.25, 0.3) is 5.56 Å². The number of aromatic nitrogens is 2. The van der Waals surface area contributed by atoms with Gasteiger partial charge in [0.05, 0.1) is 23.2 Å². The number of benzene rings is 1. The Hall–Kier alpha value is -2.64. The molecule has 1 aliphatic rings. The van der Waals surface area contributed by atoms with E-state index in [9.17, 15) is 18.8 Å². The molecule has 0 bridgehead atoms. The van der Waals surface area contributed by atoms with Crippen LogP contribution in [0.2, 0.25) is 0 Å². The van der Waals surface area contributed by atoms with Gasteiger partial charge in [0.1, 0.15) is 5.82 Å². The number of carbonyl (C=O) groups excluding carboxylic acids is 1. The summed E-state index contributed by atoms with van der Waals surface area (Å²) in [6, 6.07) is 2.79. The lowest BCUT2D eigenvalue weighted by Gasteiger charge is -2.25. The second-order valence-electron chi connectivity index (χ2n) is 8.44. The summed E-state index contributed by atoms with van der Waals surface area (Å²) in [4.78, 5) is 37.7. The third-order valence-electron chi connectivity index (χ3n) is 5.81. The van der Waals surface area contributed by atoms with E-state index in [0.717, 1.165) is 30.3 Å². The molecule has 0 saturated heterocycles. The van der Waals surface area contributed by atoms with Gasteiger partial charge in [0.15, 0.2) is 0 Å². The van der Waals surface area contributed by atoms with Crippen LogP contribution in [0, 0.1) is 5.82 Å². The van der Waals surface area contributed by atoms with Gasteiger partial charge in [-0.15, -0.1) is 0 Å². The lowest BCUT2D eigenvalue weighted by Crippen LogP contribution is -2.41. The highest BCUT2D eigenvalue weighted by molar-refractivity contribution is 5.82. The minimum Gasteiger partial charge on any atom is -0.466 e. The first-order valence-electron chi connectivity index (χ1n) is 11.2. The van der Waals surface area contributed by atoms with Crippen LogP contribution >= 0.6 is 0 Å². The third kappa shape index (κ3) is 5.17. The van der Waals surface area contributed by atoms with E-state index in [-0.39, 0.29) is 43.0 Å². The lowest BCUT2D eigenvalue weighted by molar-refractivity contribution is -0.143. The van der Waals surface area contributed by atoms with Gasteiger partial charge in [-0.1, -0.05) is 19.3 Å². The van der Waals surface area contributed by atoms with Crippen LogP contribution in [0.5, 0.6) is 0 Å². The average Bonchev–Trinajstić information content (AvgIpc) is 2.72. The fourth-order valence-electron chi connectivity index (χ4n) is 4.29. The fourth-order valence-corrected chi connectivity index (χ4v) is 4.29. The molecule has 31 heavy (non-hydrogen) atoms. The van der Waals surface area contributed by atoms with Crippen molar-refractivity contribution < 1.29 is 13.9 Å². The molecule has 8 heteroatoms. The van der Waals surface area contributed by atoms with Crippen molar-refractivity contribution in [2.75, 3.05) is 11.9 Å². The number of carbonyl (C=O) groups is 1. The van der Waals surface area contributed by atoms with Gasteiger partial charge in [-0.2, -0.15) is 0 Å². The lowest BCUT2D eigenvalue weighted by atomic mass is 9.95. The Kier molecular flexibility index (Phi) is 7.51. The number of halogens is 1. The Morgan fingerprint density at radius 3 is 2.58 bits per heavy atom. The molecule has 1 fully saturated rings. The van der Waals surface area contributed by atoms with Crippen LogP contribution in [0.1, 0.15) is 71.8 Å². The zero-order chi connectivity index (χ0) is 22.5. The van der Waals surface area contributed by atoms with Crippen molar-refractivity contribution in [3.8, 4) is 0 Å². The molecule has 1 aromatic heterocycles. The predicted molar refractivity (Wildman–Crippen MR) is 119 cm³/mol. The Labute approximate surface area is 181 Å². The summed E-state index contributed by atoms with van der Waals surface area (Å²) in [7, 11) is 0. The Balaban J connectivity index is 2.00. The molecule has 0 atom stereocenters. The molecule has 2 aromatic rings.